The van der Waals surface area contributed by atoms with Crippen molar-refractivity contribution in [3.63, 3.8) is 0 Å². The Bertz CT molecular complexity index is 1160. The fourth-order valence-corrected chi connectivity index (χ4v) is 6.00. The molecule has 1 aromatic rings. The molecule has 2 aliphatic heterocycles. The molecule has 0 bridgehead atoms. The lowest BCUT2D eigenvalue weighted by molar-refractivity contribution is -0.349. The molecule has 6 atom stereocenters. The number of esters is 1. The van der Waals surface area contributed by atoms with Crippen LogP contribution in [0.3, 0.4) is 0 Å². The first-order valence-corrected chi connectivity index (χ1v) is 16.1. The number of halogens is 3. The zero-order valence-electron chi connectivity index (χ0n) is 26.2. The summed E-state index contributed by atoms with van der Waals surface area (Å²) in [5, 5.41) is 21.5. The van der Waals surface area contributed by atoms with E-state index in [9.17, 15) is 28.2 Å². The average molecular weight is 655 g/mol. The Morgan fingerprint density at radius 3 is 2.37 bits per heavy atom. The molecule has 2 heterocycles. The van der Waals surface area contributed by atoms with E-state index in [0.717, 1.165) is 37.8 Å². The number of benzene rings is 1. The Balaban J connectivity index is 1.34. The number of alkyl halides is 3. The van der Waals surface area contributed by atoms with Crippen molar-refractivity contribution in [2.75, 3.05) is 26.9 Å². The number of carbonyl (C=O) groups is 1. The average Bonchev–Trinajstić information content (AvgIpc) is 3.39. The van der Waals surface area contributed by atoms with Gasteiger partial charge in [0.25, 0.3) is 5.79 Å². The number of hydrogen-bond donors (Lipinski definition) is 2. The van der Waals surface area contributed by atoms with Gasteiger partial charge in [0.05, 0.1) is 31.8 Å². The monoisotopic (exact) mass is 654 g/mol. The maximum atomic E-state index is 13.1. The van der Waals surface area contributed by atoms with Gasteiger partial charge in [-0.05, 0) is 94.2 Å². The summed E-state index contributed by atoms with van der Waals surface area (Å²) < 4.78 is 73.0. The molecule has 0 spiro atoms. The van der Waals surface area contributed by atoms with Crippen molar-refractivity contribution in [2.45, 2.75) is 107 Å². The highest BCUT2D eigenvalue weighted by atomic mass is 19.4. The molecule has 0 amide bonds. The van der Waals surface area contributed by atoms with Crippen LogP contribution in [0.15, 0.2) is 36.4 Å². The van der Waals surface area contributed by atoms with Gasteiger partial charge in [0.1, 0.15) is 11.9 Å². The largest absolute Gasteiger partial charge is 0.493 e. The topological polar surface area (TPSA) is 113 Å². The molecule has 9 nitrogen and oxygen atoms in total. The summed E-state index contributed by atoms with van der Waals surface area (Å²) in [4.78, 5) is 13.1. The van der Waals surface area contributed by atoms with Crippen molar-refractivity contribution in [2.24, 2.45) is 11.8 Å². The van der Waals surface area contributed by atoms with Crippen LogP contribution in [-0.4, -0.2) is 73.7 Å². The van der Waals surface area contributed by atoms with Gasteiger partial charge in [0.15, 0.2) is 12.6 Å². The number of rotatable bonds is 13. The lowest BCUT2D eigenvalue weighted by Crippen LogP contribution is -2.51. The van der Waals surface area contributed by atoms with E-state index < -0.39 is 48.3 Å². The van der Waals surface area contributed by atoms with Crippen molar-refractivity contribution in [3.05, 3.63) is 42.0 Å². The number of ether oxygens (including phenoxy) is 6. The molecule has 256 valence electrons. The first-order valence-electron chi connectivity index (χ1n) is 16.1. The second kappa shape index (κ2) is 17.5. The molecule has 2 N–H and O–H groups in total. The van der Waals surface area contributed by atoms with E-state index in [1.807, 2.05) is 12.2 Å². The molecule has 0 radical (unpaired) electrons. The lowest BCUT2D eigenvalue weighted by Gasteiger charge is -2.37. The first kappa shape index (κ1) is 36.2. The summed E-state index contributed by atoms with van der Waals surface area (Å²) >= 11 is 0. The minimum absolute atomic E-state index is 0.0206. The Labute approximate surface area is 268 Å². The minimum atomic E-state index is -4.44. The van der Waals surface area contributed by atoms with Crippen LogP contribution in [0.25, 0.3) is 0 Å². The highest BCUT2D eigenvalue weighted by Crippen LogP contribution is 2.37. The minimum Gasteiger partial charge on any atom is -0.493 e. The van der Waals surface area contributed by atoms with Crippen LogP contribution in [0, 0.1) is 23.7 Å². The van der Waals surface area contributed by atoms with E-state index in [0.29, 0.717) is 45.3 Å². The Kier molecular flexibility index (Phi) is 13.7. The highest BCUT2D eigenvalue weighted by Gasteiger charge is 2.47. The van der Waals surface area contributed by atoms with E-state index in [2.05, 4.69) is 11.8 Å². The van der Waals surface area contributed by atoms with E-state index in [-0.39, 0.29) is 37.0 Å². The van der Waals surface area contributed by atoms with Crippen molar-refractivity contribution in [1.29, 1.82) is 0 Å². The lowest BCUT2D eigenvalue weighted by atomic mass is 9.89. The number of hydrogen-bond acceptors (Lipinski definition) is 9. The van der Waals surface area contributed by atoms with Crippen LogP contribution >= 0.6 is 0 Å². The maximum absolute atomic E-state index is 13.1. The van der Waals surface area contributed by atoms with E-state index in [1.165, 1.54) is 19.2 Å². The zero-order valence-corrected chi connectivity index (χ0v) is 26.2. The van der Waals surface area contributed by atoms with E-state index in [4.69, 9.17) is 28.4 Å². The fourth-order valence-electron chi connectivity index (χ4n) is 6.00. The molecule has 1 aliphatic carbocycles. The third-order valence-corrected chi connectivity index (χ3v) is 8.44. The van der Waals surface area contributed by atoms with E-state index >= 15 is 0 Å². The van der Waals surface area contributed by atoms with Gasteiger partial charge in [-0.1, -0.05) is 30.1 Å². The smallest absolute Gasteiger partial charge is 0.416 e. The zero-order chi connectivity index (χ0) is 33.0. The van der Waals surface area contributed by atoms with Gasteiger partial charge in [-0.2, -0.15) is 13.2 Å². The number of aliphatic hydroxyl groups excluding tert-OH is 2. The third-order valence-electron chi connectivity index (χ3n) is 8.44. The van der Waals surface area contributed by atoms with Crippen LogP contribution in [0.2, 0.25) is 0 Å². The molecule has 2 saturated heterocycles. The van der Waals surface area contributed by atoms with Gasteiger partial charge in [0.2, 0.25) is 0 Å². The normalized spacial score (nSPS) is 27.4. The SMILES string of the molecule is COC(=O)C(CC#CC(O)C[C@H]1[C@@H](O)CC[C@@H]1C=CCCOc1cccc(C(F)(F)F)c1)(OC1CCCCO1)OC1CCCCO1. The van der Waals surface area contributed by atoms with Crippen molar-refractivity contribution < 1.29 is 56.6 Å². The maximum Gasteiger partial charge on any atom is 0.416 e. The summed E-state index contributed by atoms with van der Waals surface area (Å²) in [7, 11) is 1.24. The number of methoxy groups -OCH3 is 1. The molecule has 3 unspecified atom stereocenters. The van der Waals surface area contributed by atoms with E-state index in [1.54, 1.807) is 0 Å². The Hall–Kier alpha value is -2.66. The molecular weight excluding hydrogens is 609 g/mol. The van der Waals surface area contributed by atoms with Crippen molar-refractivity contribution in [1.82, 2.24) is 0 Å². The molecule has 3 aliphatic rings. The standard InChI is InChI=1S/C34H45F3O9/c1-41-32(40)33(45-30-14-3-6-20-43-30,46-31-15-4-7-21-44-31)18-9-12-26(38)23-28-24(16-17-29(28)39)10-2-5-19-42-27-13-8-11-25(22-27)34(35,36)37/h2,8,10-11,13,22,24,26,28-31,38-39H,3-7,14-21,23H2,1H3/t24-,26?,28+,29-,30?,31?,33?/m0/s1. The number of carbonyl (C=O) groups excluding carboxylic acids is 1. The fraction of sp³-hybridized carbons (Fsp3) is 0.676. The van der Waals surface area contributed by atoms with Crippen molar-refractivity contribution in [3.8, 4) is 17.6 Å². The summed E-state index contributed by atoms with van der Waals surface area (Å²) in [6.45, 7) is 1.18. The van der Waals surface area contributed by atoms with Crippen LogP contribution in [0.4, 0.5) is 13.2 Å². The third kappa shape index (κ3) is 10.7. The predicted octanol–water partition coefficient (Wildman–Crippen LogP) is 5.52. The predicted molar refractivity (Wildman–Crippen MR) is 160 cm³/mol. The molecule has 4 rings (SSSR count). The molecule has 0 aromatic heterocycles. The van der Waals surface area contributed by atoms with Gasteiger partial charge in [0, 0.05) is 13.2 Å². The number of allylic oxidation sites excluding steroid dienone is 1. The molecular formula is C34H45F3O9. The summed E-state index contributed by atoms with van der Waals surface area (Å²) in [5.74, 6) is 2.85. The molecule has 3 fully saturated rings. The van der Waals surface area contributed by atoms with Gasteiger partial charge in [-0.25, -0.2) is 4.79 Å². The molecule has 1 saturated carbocycles. The summed E-state index contributed by atoms with van der Waals surface area (Å²) in [6.07, 6.45) is 2.71. The molecule has 12 heteroatoms. The summed E-state index contributed by atoms with van der Waals surface area (Å²) in [6, 6.07) is 4.74. The van der Waals surface area contributed by atoms with Gasteiger partial charge in [-0.3, -0.25) is 0 Å². The molecule has 1 aromatic carbocycles. The molecule has 46 heavy (non-hydrogen) atoms. The summed E-state index contributed by atoms with van der Waals surface area (Å²) in [5.41, 5.74) is -0.766. The van der Waals surface area contributed by atoms with Gasteiger partial charge >= 0.3 is 12.1 Å². The van der Waals surface area contributed by atoms with Crippen LogP contribution in [-0.2, 0) is 34.7 Å². The Morgan fingerprint density at radius 1 is 1.07 bits per heavy atom. The highest BCUT2D eigenvalue weighted by molar-refractivity contribution is 5.78. The van der Waals surface area contributed by atoms with Crippen molar-refractivity contribution >= 4 is 5.97 Å². The van der Waals surface area contributed by atoms with Gasteiger partial charge < -0.3 is 38.6 Å². The first-order chi connectivity index (χ1) is 22.1. The second-order valence-corrected chi connectivity index (χ2v) is 11.9. The van der Waals surface area contributed by atoms with Crippen LogP contribution < -0.4 is 4.74 Å². The van der Waals surface area contributed by atoms with Gasteiger partial charge in [-0.15, -0.1) is 0 Å². The van der Waals surface area contributed by atoms with Crippen LogP contribution in [0.1, 0.15) is 76.2 Å². The quantitative estimate of drug-likeness (QED) is 0.0934. The second-order valence-electron chi connectivity index (χ2n) is 11.9. The Morgan fingerprint density at radius 2 is 1.76 bits per heavy atom. The number of aliphatic hydroxyl groups is 2. The van der Waals surface area contributed by atoms with Crippen LogP contribution in [0.5, 0.6) is 5.75 Å².